The van der Waals surface area contributed by atoms with Crippen molar-refractivity contribution in [1.82, 2.24) is 9.55 Å². The Bertz CT molecular complexity index is 1050. The largest absolute Gasteiger partial charge is 0.324 e. The van der Waals surface area contributed by atoms with E-state index in [9.17, 15) is 0 Å². The van der Waals surface area contributed by atoms with E-state index >= 15 is 0 Å². The molecule has 0 aliphatic rings. The molecular weight excluding hydrogens is 304 g/mol. The first kappa shape index (κ1) is 15.6. The molecule has 0 fully saturated rings. The van der Waals surface area contributed by atoms with Crippen LogP contribution in [0.1, 0.15) is 22.3 Å². The Morgan fingerprint density at radius 2 is 1.36 bits per heavy atom. The van der Waals surface area contributed by atoms with Gasteiger partial charge in [-0.15, -0.1) is 0 Å². The maximum Gasteiger partial charge on any atom is 0.0739 e. The predicted molar refractivity (Wildman–Crippen MR) is 105 cm³/mol. The fourth-order valence-electron chi connectivity index (χ4n) is 3.61. The van der Waals surface area contributed by atoms with Gasteiger partial charge in [-0.1, -0.05) is 17.2 Å². The van der Waals surface area contributed by atoms with Crippen molar-refractivity contribution in [3.05, 3.63) is 83.2 Å². The van der Waals surface area contributed by atoms with Gasteiger partial charge in [0.25, 0.3) is 0 Å². The fourth-order valence-corrected chi connectivity index (χ4v) is 3.61. The van der Waals surface area contributed by atoms with Gasteiger partial charge in [0.15, 0.2) is 0 Å². The molecule has 0 aliphatic carbocycles. The van der Waals surface area contributed by atoms with Crippen LogP contribution in [0.25, 0.3) is 27.8 Å². The Morgan fingerprint density at radius 3 is 2.04 bits per heavy atom. The summed E-state index contributed by atoms with van der Waals surface area (Å²) in [4.78, 5) is 5.03. The molecule has 0 radical (unpaired) electrons. The summed E-state index contributed by atoms with van der Waals surface area (Å²) in [6.45, 7) is 8.58. The summed E-state index contributed by atoms with van der Waals surface area (Å²) < 4.78 is 2.15. The zero-order chi connectivity index (χ0) is 17.6. The maximum atomic E-state index is 5.03. The Labute approximate surface area is 148 Å². The number of aryl methyl sites for hydroxylation is 4. The normalized spacial score (nSPS) is 11.2. The monoisotopic (exact) mass is 326 g/mol. The maximum absolute atomic E-state index is 5.03. The van der Waals surface area contributed by atoms with Gasteiger partial charge in [-0.25, -0.2) is 4.98 Å². The molecular formula is C23H22N2. The van der Waals surface area contributed by atoms with Crippen LogP contribution in [0.15, 0.2) is 60.9 Å². The highest BCUT2D eigenvalue weighted by Crippen LogP contribution is 2.29. The molecule has 0 unspecified atom stereocenters. The van der Waals surface area contributed by atoms with E-state index in [1.807, 2.05) is 12.1 Å². The zero-order valence-electron chi connectivity index (χ0n) is 15.2. The van der Waals surface area contributed by atoms with Crippen molar-refractivity contribution in [1.29, 1.82) is 0 Å². The van der Waals surface area contributed by atoms with E-state index in [0.29, 0.717) is 0 Å². The van der Waals surface area contributed by atoms with Crippen LogP contribution in [0.5, 0.6) is 0 Å². The second-order valence-corrected chi connectivity index (χ2v) is 6.95. The molecule has 2 aromatic carbocycles. The summed E-state index contributed by atoms with van der Waals surface area (Å²) in [5.74, 6) is 0. The topological polar surface area (TPSA) is 17.8 Å². The van der Waals surface area contributed by atoms with E-state index < -0.39 is 0 Å². The van der Waals surface area contributed by atoms with Crippen molar-refractivity contribution in [2.75, 3.05) is 0 Å². The van der Waals surface area contributed by atoms with Crippen molar-refractivity contribution in [2.45, 2.75) is 27.7 Å². The molecule has 0 aliphatic heterocycles. The SMILES string of the molecule is Cc1cc(C)cc(-c2nc3cc(-n4cccc4)c(C)cc3cc2C)c1. The van der Waals surface area contributed by atoms with Crippen molar-refractivity contribution in [2.24, 2.45) is 0 Å². The van der Waals surface area contributed by atoms with E-state index in [-0.39, 0.29) is 0 Å². The van der Waals surface area contributed by atoms with Crippen molar-refractivity contribution in [3.8, 4) is 16.9 Å². The highest BCUT2D eigenvalue weighted by Gasteiger charge is 2.10. The number of pyridine rings is 1. The van der Waals surface area contributed by atoms with Gasteiger partial charge in [0.05, 0.1) is 11.2 Å². The number of rotatable bonds is 2. The van der Waals surface area contributed by atoms with Crippen molar-refractivity contribution >= 4 is 10.9 Å². The summed E-state index contributed by atoms with van der Waals surface area (Å²) in [5.41, 5.74) is 9.49. The lowest BCUT2D eigenvalue weighted by molar-refractivity contribution is 1.06. The average molecular weight is 326 g/mol. The van der Waals surface area contributed by atoms with Gasteiger partial charge in [0, 0.05) is 29.0 Å². The lowest BCUT2D eigenvalue weighted by Crippen LogP contribution is -1.97. The van der Waals surface area contributed by atoms with E-state index in [0.717, 1.165) is 11.2 Å². The second kappa shape index (κ2) is 5.89. The Kier molecular flexibility index (Phi) is 3.69. The molecule has 2 heteroatoms. The average Bonchev–Trinajstić information content (AvgIpc) is 3.07. The molecule has 4 rings (SSSR count). The Morgan fingerprint density at radius 1 is 0.720 bits per heavy atom. The summed E-state index contributed by atoms with van der Waals surface area (Å²) >= 11 is 0. The lowest BCUT2D eigenvalue weighted by Gasteiger charge is -2.13. The summed E-state index contributed by atoms with van der Waals surface area (Å²) in [5, 5.41) is 1.19. The Balaban J connectivity index is 1.95. The van der Waals surface area contributed by atoms with Crippen LogP contribution in [0, 0.1) is 27.7 Å². The molecule has 0 atom stereocenters. The van der Waals surface area contributed by atoms with Gasteiger partial charge >= 0.3 is 0 Å². The lowest BCUT2D eigenvalue weighted by atomic mass is 9.99. The fraction of sp³-hybridized carbons (Fsp3) is 0.174. The van der Waals surface area contributed by atoms with Gasteiger partial charge in [-0.3, -0.25) is 0 Å². The van der Waals surface area contributed by atoms with Gasteiger partial charge in [0.2, 0.25) is 0 Å². The molecule has 4 aromatic rings. The first-order valence-electron chi connectivity index (χ1n) is 8.65. The minimum atomic E-state index is 1.04. The first-order valence-corrected chi connectivity index (χ1v) is 8.65. The van der Waals surface area contributed by atoms with Crippen LogP contribution in [0.4, 0.5) is 0 Å². The quantitative estimate of drug-likeness (QED) is 0.446. The third-order valence-electron chi connectivity index (χ3n) is 4.70. The molecule has 0 saturated heterocycles. The van der Waals surface area contributed by atoms with Crippen LogP contribution in [0.3, 0.4) is 0 Å². The zero-order valence-corrected chi connectivity index (χ0v) is 15.2. The molecule has 0 saturated carbocycles. The molecule has 2 aromatic heterocycles. The molecule has 0 spiro atoms. The van der Waals surface area contributed by atoms with Gasteiger partial charge < -0.3 is 4.57 Å². The third-order valence-corrected chi connectivity index (χ3v) is 4.70. The number of benzene rings is 2. The van der Waals surface area contributed by atoms with Crippen LogP contribution < -0.4 is 0 Å². The summed E-state index contributed by atoms with van der Waals surface area (Å²) in [6, 6.07) is 17.4. The van der Waals surface area contributed by atoms with E-state index in [1.165, 1.54) is 38.9 Å². The number of fused-ring (bicyclic) bond motifs is 1. The van der Waals surface area contributed by atoms with E-state index in [4.69, 9.17) is 4.98 Å². The highest BCUT2D eigenvalue weighted by molar-refractivity contribution is 5.86. The first-order chi connectivity index (χ1) is 12.0. The molecule has 0 N–H and O–H groups in total. The number of hydrogen-bond donors (Lipinski definition) is 0. The van der Waals surface area contributed by atoms with E-state index in [1.54, 1.807) is 0 Å². The number of nitrogens with zero attached hydrogens (tertiary/aromatic N) is 2. The van der Waals surface area contributed by atoms with Crippen LogP contribution in [-0.2, 0) is 0 Å². The second-order valence-electron chi connectivity index (χ2n) is 6.95. The van der Waals surface area contributed by atoms with Crippen LogP contribution >= 0.6 is 0 Å². The summed E-state index contributed by atoms with van der Waals surface area (Å²) in [7, 11) is 0. The van der Waals surface area contributed by atoms with Crippen LogP contribution in [-0.4, -0.2) is 9.55 Å². The number of hydrogen-bond acceptors (Lipinski definition) is 1. The highest BCUT2D eigenvalue weighted by atomic mass is 14.9. The molecule has 124 valence electrons. The standard InChI is InChI=1S/C23H22N2/c1-15-9-16(2)11-20(10-15)23-18(4)13-19-12-17(3)22(14-21(19)24-23)25-7-5-6-8-25/h5-14H,1-4H3. The van der Waals surface area contributed by atoms with Crippen LogP contribution in [0.2, 0.25) is 0 Å². The van der Waals surface area contributed by atoms with Gasteiger partial charge in [-0.05, 0) is 81.3 Å². The third kappa shape index (κ3) is 2.85. The minimum Gasteiger partial charge on any atom is -0.324 e. The molecule has 0 bridgehead atoms. The van der Waals surface area contributed by atoms with E-state index in [2.05, 4.69) is 81.1 Å². The summed E-state index contributed by atoms with van der Waals surface area (Å²) in [6.07, 6.45) is 4.15. The minimum absolute atomic E-state index is 1.04. The van der Waals surface area contributed by atoms with Gasteiger partial charge in [0.1, 0.15) is 0 Å². The van der Waals surface area contributed by atoms with Crippen molar-refractivity contribution in [3.63, 3.8) is 0 Å². The Hall–Kier alpha value is -2.87. The molecule has 2 heterocycles. The predicted octanol–water partition coefficient (Wildman–Crippen LogP) is 5.93. The van der Waals surface area contributed by atoms with Crippen molar-refractivity contribution < 1.29 is 0 Å². The van der Waals surface area contributed by atoms with Gasteiger partial charge in [-0.2, -0.15) is 0 Å². The smallest absolute Gasteiger partial charge is 0.0739 e. The molecule has 2 nitrogen and oxygen atoms in total. The molecule has 25 heavy (non-hydrogen) atoms. The number of aromatic nitrogens is 2. The molecule has 0 amide bonds.